The summed E-state index contributed by atoms with van der Waals surface area (Å²) in [6, 6.07) is 13.0. The number of methoxy groups -OCH3 is 2. The van der Waals surface area contributed by atoms with Crippen LogP contribution in [-0.4, -0.2) is 25.3 Å². The third-order valence-corrected chi connectivity index (χ3v) is 3.10. The van der Waals surface area contributed by atoms with Gasteiger partial charge in [-0.1, -0.05) is 30.3 Å². The molecule has 0 saturated heterocycles. The van der Waals surface area contributed by atoms with Gasteiger partial charge >= 0.3 is 5.97 Å². The molecule has 0 amide bonds. The fourth-order valence-electron chi connectivity index (χ4n) is 2.08. The van der Waals surface area contributed by atoms with Gasteiger partial charge in [-0.25, -0.2) is 0 Å². The SMILES string of the molecule is COc1cc(CC(=O)O)cc(OC)c1OCc1ccccc1. The maximum Gasteiger partial charge on any atom is 0.307 e. The lowest BCUT2D eigenvalue weighted by Crippen LogP contribution is -2.04. The molecule has 0 bridgehead atoms. The highest BCUT2D eigenvalue weighted by Crippen LogP contribution is 2.39. The molecule has 0 heterocycles. The second-order valence-corrected chi connectivity index (χ2v) is 4.67. The first kappa shape index (κ1) is 15.7. The van der Waals surface area contributed by atoms with Gasteiger partial charge in [0.1, 0.15) is 6.61 Å². The Morgan fingerprint density at radius 1 is 1.00 bits per heavy atom. The Bertz CT molecular complexity index is 612. The van der Waals surface area contributed by atoms with E-state index in [-0.39, 0.29) is 6.42 Å². The van der Waals surface area contributed by atoms with Crippen molar-refractivity contribution < 1.29 is 24.1 Å². The van der Waals surface area contributed by atoms with Crippen molar-refractivity contribution in [3.05, 3.63) is 53.6 Å². The first-order chi connectivity index (χ1) is 10.6. The Balaban J connectivity index is 2.26. The van der Waals surface area contributed by atoms with Crippen LogP contribution in [0, 0.1) is 0 Å². The van der Waals surface area contributed by atoms with Gasteiger partial charge in [-0.3, -0.25) is 4.79 Å². The summed E-state index contributed by atoms with van der Waals surface area (Å²) in [4.78, 5) is 10.9. The first-order valence-electron chi connectivity index (χ1n) is 6.77. The molecule has 0 aromatic heterocycles. The molecule has 0 spiro atoms. The minimum absolute atomic E-state index is 0.105. The standard InChI is InChI=1S/C17H18O5/c1-20-14-8-13(10-16(18)19)9-15(21-2)17(14)22-11-12-6-4-3-5-7-12/h3-9H,10-11H2,1-2H3,(H,18,19). The molecule has 0 fully saturated rings. The van der Waals surface area contributed by atoms with Crippen LogP contribution in [0.4, 0.5) is 0 Å². The minimum atomic E-state index is -0.915. The van der Waals surface area contributed by atoms with Gasteiger partial charge in [0.25, 0.3) is 0 Å². The van der Waals surface area contributed by atoms with Crippen LogP contribution in [0.5, 0.6) is 17.2 Å². The summed E-state index contributed by atoms with van der Waals surface area (Å²) in [6.45, 7) is 0.367. The van der Waals surface area contributed by atoms with Crippen LogP contribution in [0.25, 0.3) is 0 Å². The molecule has 0 atom stereocenters. The monoisotopic (exact) mass is 302 g/mol. The van der Waals surface area contributed by atoms with Gasteiger partial charge in [0.05, 0.1) is 20.6 Å². The summed E-state index contributed by atoms with van der Waals surface area (Å²) in [7, 11) is 3.02. The summed E-state index contributed by atoms with van der Waals surface area (Å²) >= 11 is 0. The minimum Gasteiger partial charge on any atom is -0.493 e. The second-order valence-electron chi connectivity index (χ2n) is 4.67. The highest BCUT2D eigenvalue weighted by molar-refractivity contribution is 5.71. The van der Waals surface area contributed by atoms with E-state index in [9.17, 15) is 4.79 Å². The number of ether oxygens (including phenoxy) is 3. The molecule has 0 aliphatic rings. The van der Waals surface area contributed by atoms with Gasteiger partial charge in [0.2, 0.25) is 5.75 Å². The van der Waals surface area contributed by atoms with Gasteiger partial charge < -0.3 is 19.3 Å². The average Bonchev–Trinajstić information content (AvgIpc) is 2.53. The molecule has 0 saturated carbocycles. The maximum absolute atomic E-state index is 10.9. The Hall–Kier alpha value is -2.69. The van der Waals surface area contributed by atoms with Crippen molar-refractivity contribution in [1.29, 1.82) is 0 Å². The molecule has 5 heteroatoms. The molecule has 116 valence electrons. The molecule has 5 nitrogen and oxygen atoms in total. The van der Waals surface area contributed by atoms with E-state index in [4.69, 9.17) is 19.3 Å². The molecule has 1 N–H and O–H groups in total. The molecule has 2 rings (SSSR count). The molecule has 2 aromatic carbocycles. The summed E-state index contributed by atoms with van der Waals surface area (Å²) in [5, 5.41) is 8.90. The number of benzene rings is 2. The predicted molar refractivity (Wildman–Crippen MR) is 81.7 cm³/mol. The van der Waals surface area contributed by atoms with E-state index in [0.717, 1.165) is 5.56 Å². The third-order valence-electron chi connectivity index (χ3n) is 3.10. The number of carboxylic acid groups (broad SMARTS) is 1. The third kappa shape index (κ3) is 3.91. The van der Waals surface area contributed by atoms with Crippen LogP contribution in [0.2, 0.25) is 0 Å². The summed E-state index contributed by atoms with van der Waals surface area (Å²) in [5.41, 5.74) is 1.61. The number of carboxylic acids is 1. The van der Waals surface area contributed by atoms with E-state index < -0.39 is 5.97 Å². The fourth-order valence-corrected chi connectivity index (χ4v) is 2.08. The van der Waals surface area contributed by atoms with Gasteiger partial charge in [0.15, 0.2) is 11.5 Å². The molecule has 2 aromatic rings. The van der Waals surface area contributed by atoms with Gasteiger partial charge in [-0.05, 0) is 23.3 Å². The fraction of sp³-hybridized carbons (Fsp3) is 0.235. The Labute approximate surface area is 129 Å². The highest BCUT2D eigenvalue weighted by Gasteiger charge is 2.15. The first-order valence-corrected chi connectivity index (χ1v) is 6.77. The van der Waals surface area contributed by atoms with E-state index in [1.54, 1.807) is 12.1 Å². The van der Waals surface area contributed by atoms with Crippen molar-refractivity contribution in [3.8, 4) is 17.2 Å². The Morgan fingerprint density at radius 2 is 1.59 bits per heavy atom. The van der Waals surface area contributed by atoms with Crippen LogP contribution in [0.1, 0.15) is 11.1 Å². The normalized spacial score (nSPS) is 10.1. The van der Waals surface area contributed by atoms with Gasteiger partial charge in [0, 0.05) is 0 Å². The molecular formula is C17H18O5. The second kappa shape index (κ2) is 7.36. The quantitative estimate of drug-likeness (QED) is 0.852. The zero-order valence-electron chi connectivity index (χ0n) is 12.5. The Kier molecular flexibility index (Phi) is 5.25. The van der Waals surface area contributed by atoms with Crippen LogP contribution < -0.4 is 14.2 Å². The van der Waals surface area contributed by atoms with Gasteiger partial charge in [-0.2, -0.15) is 0 Å². The number of carbonyl (C=O) groups is 1. The van der Waals surface area contributed by atoms with Crippen molar-refractivity contribution in [3.63, 3.8) is 0 Å². The number of rotatable bonds is 7. The van der Waals surface area contributed by atoms with Crippen molar-refractivity contribution in [2.45, 2.75) is 13.0 Å². The van der Waals surface area contributed by atoms with E-state index in [2.05, 4.69) is 0 Å². The lowest BCUT2D eigenvalue weighted by molar-refractivity contribution is -0.136. The number of aliphatic carboxylic acids is 1. The van der Waals surface area contributed by atoms with E-state index in [1.165, 1.54) is 14.2 Å². The summed E-state index contributed by atoms with van der Waals surface area (Å²) in [6.07, 6.45) is -0.105. The van der Waals surface area contributed by atoms with E-state index >= 15 is 0 Å². The van der Waals surface area contributed by atoms with Crippen molar-refractivity contribution in [2.24, 2.45) is 0 Å². The molecular weight excluding hydrogens is 284 g/mol. The van der Waals surface area contributed by atoms with Crippen molar-refractivity contribution in [1.82, 2.24) is 0 Å². The van der Waals surface area contributed by atoms with E-state index in [0.29, 0.717) is 29.4 Å². The molecule has 0 aliphatic carbocycles. The van der Waals surface area contributed by atoms with Crippen molar-refractivity contribution >= 4 is 5.97 Å². The molecule has 0 radical (unpaired) electrons. The lowest BCUT2D eigenvalue weighted by Gasteiger charge is -2.16. The van der Waals surface area contributed by atoms with Crippen LogP contribution >= 0.6 is 0 Å². The number of hydrogen-bond donors (Lipinski definition) is 1. The summed E-state index contributed by atoms with van der Waals surface area (Å²) in [5.74, 6) is 0.447. The lowest BCUT2D eigenvalue weighted by atomic mass is 10.1. The van der Waals surface area contributed by atoms with E-state index in [1.807, 2.05) is 30.3 Å². The largest absolute Gasteiger partial charge is 0.493 e. The molecule has 22 heavy (non-hydrogen) atoms. The predicted octanol–water partition coefficient (Wildman–Crippen LogP) is 2.91. The van der Waals surface area contributed by atoms with Crippen LogP contribution in [0.3, 0.4) is 0 Å². The smallest absolute Gasteiger partial charge is 0.307 e. The Morgan fingerprint density at radius 3 is 2.09 bits per heavy atom. The van der Waals surface area contributed by atoms with Crippen LogP contribution in [0.15, 0.2) is 42.5 Å². The average molecular weight is 302 g/mol. The molecule has 0 unspecified atom stereocenters. The topological polar surface area (TPSA) is 65.0 Å². The van der Waals surface area contributed by atoms with Gasteiger partial charge in [-0.15, -0.1) is 0 Å². The summed E-state index contributed by atoms with van der Waals surface area (Å²) < 4.78 is 16.4. The van der Waals surface area contributed by atoms with Crippen LogP contribution in [-0.2, 0) is 17.8 Å². The zero-order valence-corrected chi connectivity index (χ0v) is 12.5. The molecule has 0 aliphatic heterocycles. The van der Waals surface area contributed by atoms with Crippen molar-refractivity contribution in [2.75, 3.05) is 14.2 Å². The number of hydrogen-bond acceptors (Lipinski definition) is 4. The zero-order chi connectivity index (χ0) is 15.9. The maximum atomic E-state index is 10.9. The highest BCUT2D eigenvalue weighted by atomic mass is 16.5.